The van der Waals surface area contributed by atoms with Gasteiger partial charge in [0, 0.05) is 10.9 Å². The van der Waals surface area contributed by atoms with Crippen molar-refractivity contribution in [3.8, 4) is 22.8 Å². The zero-order valence-electron chi connectivity index (χ0n) is 22.5. The van der Waals surface area contributed by atoms with Gasteiger partial charge in [-0.15, -0.1) is 11.3 Å². The van der Waals surface area contributed by atoms with Gasteiger partial charge in [0.1, 0.15) is 11.5 Å². The van der Waals surface area contributed by atoms with Crippen LogP contribution in [0.15, 0.2) is 88.3 Å². The van der Waals surface area contributed by atoms with E-state index in [1.807, 2.05) is 55.5 Å². The standard InChI is InChI=1S/C31H32F3N3O2S/c1-3-5-6-7-19-39-28-15-11-23(12-16-28)21-35-37-29(24-9-8-10-25(20-24)31(32,33)34)22-40-30(37)36-26-13-17-27(18-14-26)38-4-2/h8-18,20-22H,3-7,19H2,1-2H3/b35-21+,36-30?. The van der Waals surface area contributed by atoms with Crippen LogP contribution in [0.1, 0.15) is 50.7 Å². The molecular weight excluding hydrogens is 535 g/mol. The summed E-state index contributed by atoms with van der Waals surface area (Å²) >= 11 is 1.30. The predicted octanol–water partition coefficient (Wildman–Crippen LogP) is 8.71. The number of thiazole rings is 1. The fourth-order valence-electron chi connectivity index (χ4n) is 3.93. The highest BCUT2D eigenvalue weighted by Gasteiger charge is 2.30. The van der Waals surface area contributed by atoms with Gasteiger partial charge in [0.25, 0.3) is 0 Å². The Morgan fingerprint density at radius 3 is 2.30 bits per heavy atom. The normalized spacial score (nSPS) is 12.3. The zero-order chi connectivity index (χ0) is 28.4. The van der Waals surface area contributed by atoms with Crippen molar-refractivity contribution < 1.29 is 22.6 Å². The molecule has 1 aromatic heterocycles. The summed E-state index contributed by atoms with van der Waals surface area (Å²) in [5, 5.41) is 6.39. The highest BCUT2D eigenvalue weighted by atomic mass is 32.1. The SMILES string of the molecule is CCCCCCOc1ccc(/C=N/n2c(-c3cccc(C(F)(F)F)c3)csc2=Nc2ccc(OCC)cc2)cc1. The van der Waals surface area contributed by atoms with Gasteiger partial charge in [-0.3, -0.25) is 0 Å². The van der Waals surface area contributed by atoms with Gasteiger partial charge in [0.05, 0.1) is 36.4 Å². The number of halogens is 3. The molecule has 0 saturated heterocycles. The van der Waals surface area contributed by atoms with E-state index in [0.717, 1.165) is 42.0 Å². The monoisotopic (exact) mass is 567 g/mol. The molecule has 0 saturated carbocycles. The number of benzene rings is 3. The Morgan fingerprint density at radius 1 is 0.875 bits per heavy atom. The quantitative estimate of drug-likeness (QED) is 0.127. The van der Waals surface area contributed by atoms with Crippen LogP contribution in [-0.2, 0) is 6.18 Å². The first-order valence-corrected chi connectivity index (χ1v) is 14.2. The van der Waals surface area contributed by atoms with Gasteiger partial charge >= 0.3 is 6.18 Å². The first-order chi connectivity index (χ1) is 19.4. The molecule has 0 radical (unpaired) electrons. The van der Waals surface area contributed by atoms with Crippen molar-refractivity contribution in [3.05, 3.63) is 94.1 Å². The topological polar surface area (TPSA) is 48.1 Å². The van der Waals surface area contributed by atoms with E-state index >= 15 is 0 Å². The molecule has 210 valence electrons. The Labute approximate surface area is 236 Å². The largest absolute Gasteiger partial charge is 0.494 e. The smallest absolute Gasteiger partial charge is 0.416 e. The second kappa shape index (κ2) is 14.0. The first kappa shape index (κ1) is 29.1. The number of aromatic nitrogens is 1. The minimum Gasteiger partial charge on any atom is -0.494 e. The van der Waals surface area contributed by atoms with Crippen molar-refractivity contribution >= 4 is 23.2 Å². The van der Waals surface area contributed by atoms with Crippen LogP contribution in [0.25, 0.3) is 11.3 Å². The first-order valence-electron chi connectivity index (χ1n) is 13.3. The molecule has 0 bridgehead atoms. The van der Waals surface area contributed by atoms with Crippen molar-refractivity contribution in [1.29, 1.82) is 0 Å². The Bertz CT molecular complexity index is 1460. The molecule has 3 aromatic carbocycles. The Morgan fingerprint density at radius 2 is 1.60 bits per heavy atom. The van der Waals surface area contributed by atoms with Crippen LogP contribution >= 0.6 is 11.3 Å². The van der Waals surface area contributed by atoms with E-state index in [2.05, 4.69) is 12.0 Å². The third kappa shape index (κ3) is 8.08. The Balaban J connectivity index is 1.64. The van der Waals surface area contributed by atoms with Crippen LogP contribution in [0.4, 0.5) is 18.9 Å². The fourth-order valence-corrected chi connectivity index (χ4v) is 4.79. The molecule has 0 aliphatic heterocycles. The molecule has 0 N–H and O–H groups in total. The van der Waals surface area contributed by atoms with Crippen molar-refractivity contribution in [1.82, 2.24) is 4.68 Å². The molecule has 0 aliphatic rings. The molecule has 9 heteroatoms. The minimum absolute atomic E-state index is 0.392. The van der Waals surface area contributed by atoms with Crippen LogP contribution < -0.4 is 14.3 Å². The lowest BCUT2D eigenvalue weighted by Gasteiger charge is -2.09. The second-order valence-corrected chi connectivity index (χ2v) is 9.89. The Kier molecular flexibility index (Phi) is 10.2. The average Bonchev–Trinajstić information content (AvgIpc) is 3.35. The molecule has 4 aromatic rings. The van der Waals surface area contributed by atoms with Gasteiger partial charge in [0.2, 0.25) is 4.80 Å². The lowest BCUT2D eigenvalue weighted by atomic mass is 10.1. The molecule has 0 atom stereocenters. The van der Waals surface area contributed by atoms with E-state index in [4.69, 9.17) is 14.5 Å². The maximum Gasteiger partial charge on any atom is 0.416 e. The van der Waals surface area contributed by atoms with Crippen LogP contribution in [0, 0.1) is 0 Å². The number of unbranched alkanes of at least 4 members (excludes halogenated alkanes) is 3. The van der Waals surface area contributed by atoms with Crippen molar-refractivity contribution in [2.75, 3.05) is 13.2 Å². The molecule has 5 nitrogen and oxygen atoms in total. The summed E-state index contributed by atoms with van der Waals surface area (Å²) in [6, 6.07) is 20.1. The molecular formula is C31H32F3N3O2S. The van der Waals surface area contributed by atoms with Crippen molar-refractivity contribution in [2.45, 2.75) is 45.7 Å². The van der Waals surface area contributed by atoms with Crippen LogP contribution in [0.2, 0.25) is 0 Å². The molecule has 0 amide bonds. The molecule has 0 unspecified atom stereocenters. The Hall–Kier alpha value is -3.85. The zero-order valence-corrected chi connectivity index (χ0v) is 23.3. The summed E-state index contributed by atoms with van der Waals surface area (Å²) in [5.74, 6) is 1.52. The van der Waals surface area contributed by atoms with Gasteiger partial charge in [-0.1, -0.05) is 38.3 Å². The molecule has 0 aliphatic carbocycles. The van der Waals surface area contributed by atoms with E-state index in [-0.39, 0.29) is 0 Å². The number of hydrogen-bond acceptors (Lipinski definition) is 5. The molecule has 40 heavy (non-hydrogen) atoms. The summed E-state index contributed by atoms with van der Waals surface area (Å²) < 4.78 is 53.2. The van der Waals surface area contributed by atoms with Crippen LogP contribution in [-0.4, -0.2) is 24.1 Å². The third-order valence-corrected chi connectivity index (χ3v) is 6.83. The maximum absolute atomic E-state index is 13.4. The second-order valence-electron chi connectivity index (χ2n) is 9.06. The predicted molar refractivity (Wildman–Crippen MR) is 155 cm³/mol. The van der Waals surface area contributed by atoms with Crippen LogP contribution in [0.3, 0.4) is 0 Å². The van der Waals surface area contributed by atoms with E-state index < -0.39 is 11.7 Å². The average molecular weight is 568 g/mol. The van der Waals surface area contributed by atoms with E-state index in [0.29, 0.717) is 35.0 Å². The van der Waals surface area contributed by atoms with Gasteiger partial charge in [-0.2, -0.15) is 18.3 Å². The highest BCUT2D eigenvalue weighted by molar-refractivity contribution is 7.07. The summed E-state index contributed by atoms with van der Waals surface area (Å²) in [5.41, 5.74) is 1.67. The van der Waals surface area contributed by atoms with E-state index in [1.54, 1.807) is 22.3 Å². The van der Waals surface area contributed by atoms with Crippen molar-refractivity contribution in [2.24, 2.45) is 10.1 Å². The van der Waals surface area contributed by atoms with Gasteiger partial charge in [-0.25, -0.2) is 9.67 Å². The van der Waals surface area contributed by atoms with Crippen LogP contribution in [0.5, 0.6) is 11.5 Å². The number of alkyl halides is 3. The number of ether oxygens (including phenoxy) is 2. The number of hydrogen-bond donors (Lipinski definition) is 0. The molecule has 0 spiro atoms. The van der Waals surface area contributed by atoms with E-state index in [9.17, 15) is 13.2 Å². The number of nitrogens with zero attached hydrogens (tertiary/aromatic N) is 3. The molecule has 4 rings (SSSR count). The summed E-state index contributed by atoms with van der Waals surface area (Å²) in [4.78, 5) is 5.22. The van der Waals surface area contributed by atoms with Gasteiger partial charge in [0.15, 0.2) is 0 Å². The van der Waals surface area contributed by atoms with Gasteiger partial charge in [-0.05, 0) is 79.6 Å². The fraction of sp³-hybridized carbons (Fsp3) is 0.290. The molecule has 0 fully saturated rings. The summed E-state index contributed by atoms with van der Waals surface area (Å²) in [6.45, 7) is 5.32. The third-order valence-electron chi connectivity index (χ3n) is 6.01. The molecule has 1 heterocycles. The van der Waals surface area contributed by atoms with Gasteiger partial charge < -0.3 is 9.47 Å². The van der Waals surface area contributed by atoms with E-state index in [1.165, 1.54) is 30.2 Å². The lowest BCUT2D eigenvalue weighted by Crippen LogP contribution is -2.12. The van der Waals surface area contributed by atoms with Crippen molar-refractivity contribution in [3.63, 3.8) is 0 Å². The summed E-state index contributed by atoms with van der Waals surface area (Å²) in [7, 11) is 0. The lowest BCUT2D eigenvalue weighted by molar-refractivity contribution is -0.137. The summed E-state index contributed by atoms with van der Waals surface area (Å²) in [6.07, 6.45) is 1.76. The maximum atomic E-state index is 13.4. The minimum atomic E-state index is -4.45. The number of rotatable bonds is 12. The highest BCUT2D eigenvalue weighted by Crippen LogP contribution is 2.32.